The van der Waals surface area contributed by atoms with E-state index in [-0.39, 0.29) is 24.0 Å². The molecule has 0 bridgehead atoms. The zero-order valence-corrected chi connectivity index (χ0v) is 24.2. The van der Waals surface area contributed by atoms with Crippen molar-refractivity contribution in [3.05, 3.63) is 81.6 Å². The van der Waals surface area contributed by atoms with Gasteiger partial charge in [-0.15, -0.1) is 0 Å². The molecule has 2 aliphatic rings. The maximum Gasteiger partial charge on any atom is 0.319 e. The number of nitrogens with one attached hydrogen (secondary N) is 2. The number of aromatic nitrogens is 1. The first kappa shape index (κ1) is 27.8. The molecule has 1 aromatic heterocycles. The lowest BCUT2D eigenvalue weighted by Gasteiger charge is -2.38. The molecule has 9 heteroatoms. The van der Waals surface area contributed by atoms with Gasteiger partial charge in [-0.2, -0.15) is 0 Å². The van der Waals surface area contributed by atoms with Crippen LogP contribution in [0, 0.1) is 13.8 Å². The van der Waals surface area contributed by atoms with Crippen LogP contribution in [0.15, 0.2) is 48.5 Å². The molecule has 0 spiro atoms. The lowest BCUT2D eigenvalue weighted by Crippen LogP contribution is -2.45. The van der Waals surface area contributed by atoms with Crippen molar-refractivity contribution in [2.75, 3.05) is 37.5 Å². The molecule has 1 aliphatic carbocycles. The van der Waals surface area contributed by atoms with Crippen molar-refractivity contribution in [1.29, 1.82) is 0 Å². The number of benzene rings is 2. The maximum absolute atomic E-state index is 13.5. The number of urea groups is 1. The van der Waals surface area contributed by atoms with Gasteiger partial charge < -0.3 is 25.2 Å². The lowest BCUT2D eigenvalue weighted by molar-refractivity contribution is 0.0709. The average Bonchev–Trinajstić information content (AvgIpc) is 3.33. The summed E-state index contributed by atoms with van der Waals surface area (Å²) in [6.07, 6.45) is 3.43. The monoisotopic (exact) mass is 561 g/mol. The van der Waals surface area contributed by atoms with Crippen molar-refractivity contribution >= 4 is 34.9 Å². The number of halogens is 1. The molecule has 1 saturated heterocycles. The predicted molar refractivity (Wildman–Crippen MR) is 159 cm³/mol. The second-order valence-electron chi connectivity index (χ2n) is 10.7. The molecular formula is C31H36ClN5O3. The number of hydrogen-bond donors (Lipinski definition) is 2. The van der Waals surface area contributed by atoms with E-state index in [0.717, 1.165) is 61.3 Å². The van der Waals surface area contributed by atoms with Gasteiger partial charge in [-0.25, -0.2) is 4.79 Å². The van der Waals surface area contributed by atoms with Crippen LogP contribution in [0.4, 0.5) is 16.2 Å². The third-order valence-corrected chi connectivity index (χ3v) is 8.18. The zero-order chi connectivity index (χ0) is 28.4. The van der Waals surface area contributed by atoms with Crippen LogP contribution in [0.3, 0.4) is 0 Å². The van der Waals surface area contributed by atoms with E-state index in [1.165, 1.54) is 5.69 Å². The lowest BCUT2D eigenvalue weighted by atomic mass is 10.00. The van der Waals surface area contributed by atoms with Gasteiger partial charge in [-0.3, -0.25) is 9.78 Å². The molecule has 3 aromatic rings. The fraction of sp³-hybridized carbons (Fsp3) is 0.387. The fourth-order valence-corrected chi connectivity index (χ4v) is 6.03. The minimum Gasteiger partial charge on any atom is -0.495 e. The van der Waals surface area contributed by atoms with Gasteiger partial charge in [-0.05, 0) is 93.1 Å². The first-order chi connectivity index (χ1) is 19.2. The quantitative estimate of drug-likeness (QED) is 0.391. The molecule has 8 nitrogen and oxygen atoms in total. The Morgan fingerprint density at radius 2 is 1.75 bits per heavy atom. The van der Waals surface area contributed by atoms with Gasteiger partial charge in [0.2, 0.25) is 0 Å². The molecule has 3 amide bonds. The highest BCUT2D eigenvalue weighted by molar-refractivity contribution is 6.31. The van der Waals surface area contributed by atoms with Crippen LogP contribution in [0.2, 0.25) is 5.02 Å². The molecule has 0 saturated carbocycles. The van der Waals surface area contributed by atoms with Crippen LogP contribution >= 0.6 is 11.6 Å². The Kier molecular flexibility index (Phi) is 8.17. The summed E-state index contributed by atoms with van der Waals surface area (Å²) >= 11 is 6.10. The molecule has 210 valence electrons. The Morgan fingerprint density at radius 1 is 1.02 bits per heavy atom. The topological polar surface area (TPSA) is 86.8 Å². The second kappa shape index (κ2) is 11.8. The summed E-state index contributed by atoms with van der Waals surface area (Å²) < 4.78 is 5.33. The molecule has 0 radical (unpaired) electrons. The van der Waals surface area contributed by atoms with Crippen molar-refractivity contribution in [2.24, 2.45) is 0 Å². The van der Waals surface area contributed by atoms with Gasteiger partial charge in [0, 0.05) is 53.8 Å². The van der Waals surface area contributed by atoms with E-state index in [4.69, 9.17) is 16.3 Å². The molecule has 2 heterocycles. The number of aryl methyl sites for hydroxylation is 3. The van der Waals surface area contributed by atoms with E-state index in [9.17, 15) is 9.59 Å². The summed E-state index contributed by atoms with van der Waals surface area (Å²) in [5, 5.41) is 6.40. The van der Waals surface area contributed by atoms with E-state index in [0.29, 0.717) is 22.0 Å². The number of pyridine rings is 1. The smallest absolute Gasteiger partial charge is 0.319 e. The van der Waals surface area contributed by atoms with E-state index >= 15 is 0 Å². The molecule has 1 aliphatic heterocycles. The van der Waals surface area contributed by atoms with Crippen LogP contribution in [0.1, 0.15) is 58.2 Å². The molecule has 1 atom stereocenters. The summed E-state index contributed by atoms with van der Waals surface area (Å²) in [5.74, 6) is 0.537. The van der Waals surface area contributed by atoms with Gasteiger partial charge in [0.15, 0.2) is 0 Å². The molecule has 40 heavy (non-hydrogen) atoms. The number of hydrogen-bond acceptors (Lipinski definition) is 5. The van der Waals surface area contributed by atoms with Crippen molar-refractivity contribution in [3.8, 4) is 5.75 Å². The normalized spacial score (nSPS) is 16.8. The number of carbonyl (C=O) groups is 2. The number of amides is 3. The molecule has 1 unspecified atom stereocenters. The highest BCUT2D eigenvalue weighted by Crippen LogP contribution is 2.33. The fourth-order valence-electron chi connectivity index (χ4n) is 5.86. The van der Waals surface area contributed by atoms with E-state index in [1.807, 2.05) is 44.0 Å². The van der Waals surface area contributed by atoms with Crippen LogP contribution in [-0.4, -0.2) is 55.1 Å². The van der Waals surface area contributed by atoms with Crippen molar-refractivity contribution < 1.29 is 14.3 Å². The highest BCUT2D eigenvalue weighted by Gasteiger charge is 2.29. The number of fused-ring (bicyclic) bond motifs is 1. The number of ether oxygens (including phenoxy) is 1. The van der Waals surface area contributed by atoms with Gasteiger partial charge in [0.25, 0.3) is 5.91 Å². The summed E-state index contributed by atoms with van der Waals surface area (Å²) in [7, 11) is 3.44. The molecule has 2 N–H and O–H groups in total. The molecule has 5 rings (SSSR count). The Bertz CT molecular complexity index is 1400. The minimum absolute atomic E-state index is 0.00983. The van der Waals surface area contributed by atoms with Gasteiger partial charge >= 0.3 is 6.03 Å². The average molecular weight is 562 g/mol. The zero-order valence-electron chi connectivity index (χ0n) is 23.5. The number of anilines is 2. The minimum atomic E-state index is -0.349. The number of methoxy groups -OCH3 is 1. The van der Waals surface area contributed by atoms with Gasteiger partial charge in [0.1, 0.15) is 5.75 Å². The maximum atomic E-state index is 13.5. The third kappa shape index (κ3) is 6.02. The largest absolute Gasteiger partial charge is 0.495 e. The first-order valence-corrected chi connectivity index (χ1v) is 14.1. The number of rotatable bonds is 6. The summed E-state index contributed by atoms with van der Waals surface area (Å²) in [5.41, 5.74) is 6.54. The van der Waals surface area contributed by atoms with Gasteiger partial charge in [0.05, 0.1) is 18.8 Å². The number of nitrogens with zero attached hydrogens (tertiary/aromatic N) is 3. The summed E-state index contributed by atoms with van der Waals surface area (Å²) in [6.45, 7) is 5.84. The Labute approximate surface area is 240 Å². The molecular weight excluding hydrogens is 526 g/mol. The Balaban J connectivity index is 1.22. The van der Waals surface area contributed by atoms with Crippen molar-refractivity contribution in [1.82, 2.24) is 15.2 Å². The Hall–Kier alpha value is -3.78. The van der Waals surface area contributed by atoms with E-state index in [2.05, 4.69) is 32.7 Å². The number of carbonyl (C=O) groups excluding carboxylic acids is 2. The standard InChI is InChI=1S/C31H36ClN5O3/c1-19-15-25(16-20(2)33-19)37-13-11-24(12-14-37)36(3)30(38)22-6-5-21-7-9-27(26(21)17-22)34-31(39)35-28-18-23(32)8-10-29(28)40-4/h5-6,8,10,15-18,24,27H,7,9,11-14H2,1-4H3,(H2,34,35,39). The van der Waals surface area contributed by atoms with E-state index in [1.54, 1.807) is 25.3 Å². The van der Waals surface area contributed by atoms with Crippen LogP contribution in [-0.2, 0) is 6.42 Å². The van der Waals surface area contributed by atoms with Crippen molar-refractivity contribution in [2.45, 2.75) is 51.6 Å². The second-order valence-corrected chi connectivity index (χ2v) is 11.1. The third-order valence-electron chi connectivity index (χ3n) is 7.95. The SMILES string of the molecule is COc1ccc(Cl)cc1NC(=O)NC1CCc2ccc(C(=O)N(C)C3CCN(c4cc(C)nc(C)c4)CC3)cc21. The van der Waals surface area contributed by atoms with Crippen LogP contribution in [0.5, 0.6) is 5.75 Å². The predicted octanol–water partition coefficient (Wildman–Crippen LogP) is 5.91. The van der Waals surface area contributed by atoms with Crippen LogP contribution in [0.25, 0.3) is 0 Å². The first-order valence-electron chi connectivity index (χ1n) is 13.7. The molecule has 1 fully saturated rings. The Morgan fingerprint density at radius 3 is 2.45 bits per heavy atom. The van der Waals surface area contributed by atoms with Crippen LogP contribution < -0.4 is 20.3 Å². The van der Waals surface area contributed by atoms with Crippen molar-refractivity contribution in [3.63, 3.8) is 0 Å². The van der Waals surface area contributed by atoms with E-state index < -0.39 is 0 Å². The van der Waals surface area contributed by atoms with Gasteiger partial charge in [-0.1, -0.05) is 17.7 Å². The number of piperidine rings is 1. The summed E-state index contributed by atoms with van der Waals surface area (Å²) in [4.78, 5) is 35.1. The summed E-state index contributed by atoms with van der Waals surface area (Å²) in [6, 6.07) is 14.8. The highest BCUT2D eigenvalue weighted by atomic mass is 35.5. The molecule has 2 aromatic carbocycles.